The SMILES string of the molecule is COc1cc(N(C)c2cc(=O)oc3ccccc23)cc(OC)c1OC. The number of hydrogen-bond donors (Lipinski definition) is 0. The van der Waals surface area contributed by atoms with E-state index in [0.29, 0.717) is 22.8 Å². The van der Waals surface area contributed by atoms with Crippen molar-refractivity contribution in [2.75, 3.05) is 33.3 Å². The van der Waals surface area contributed by atoms with Gasteiger partial charge in [0.1, 0.15) is 5.58 Å². The van der Waals surface area contributed by atoms with Gasteiger partial charge in [-0.1, -0.05) is 12.1 Å². The quantitative estimate of drug-likeness (QED) is 0.661. The summed E-state index contributed by atoms with van der Waals surface area (Å²) in [4.78, 5) is 13.8. The summed E-state index contributed by atoms with van der Waals surface area (Å²) in [6.07, 6.45) is 0. The summed E-state index contributed by atoms with van der Waals surface area (Å²) < 4.78 is 21.4. The summed E-state index contributed by atoms with van der Waals surface area (Å²) in [5.41, 5.74) is 1.63. The molecule has 0 aliphatic carbocycles. The minimum absolute atomic E-state index is 0.409. The first-order valence-electron chi connectivity index (χ1n) is 7.65. The molecular formula is C19H19NO5. The number of nitrogens with zero attached hydrogens (tertiary/aromatic N) is 1. The summed E-state index contributed by atoms with van der Waals surface area (Å²) in [5.74, 6) is 1.59. The van der Waals surface area contributed by atoms with Gasteiger partial charge < -0.3 is 23.5 Å². The molecule has 3 rings (SSSR count). The van der Waals surface area contributed by atoms with E-state index in [4.69, 9.17) is 18.6 Å². The zero-order valence-corrected chi connectivity index (χ0v) is 14.5. The summed E-state index contributed by atoms with van der Waals surface area (Å²) in [7, 11) is 6.54. The van der Waals surface area contributed by atoms with Crippen molar-refractivity contribution in [2.45, 2.75) is 0 Å². The first-order chi connectivity index (χ1) is 12.1. The number of methoxy groups -OCH3 is 3. The molecule has 0 saturated carbocycles. The summed E-state index contributed by atoms with van der Waals surface area (Å²) in [6, 6.07) is 12.5. The van der Waals surface area contributed by atoms with Crippen LogP contribution in [0.5, 0.6) is 17.2 Å². The van der Waals surface area contributed by atoms with Crippen LogP contribution in [0.4, 0.5) is 11.4 Å². The second-order valence-electron chi connectivity index (χ2n) is 5.39. The van der Waals surface area contributed by atoms with Crippen LogP contribution in [0.3, 0.4) is 0 Å². The molecule has 130 valence electrons. The van der Waals surface area contributed by atoms with Crippen LogP contribution in [0.15, 0.2) is 51.7 Å². The Bertz CT molecular complexity index is 938. The van der Waals surface area contributed by atoms with Crippen LogP contribution in [0.1, 0.15) is 0 Å². The molecule has 0 aliphatic rings. The highest BCUT2D eigenvalue weighted by Gasteiger charge is 2.17. The lowest BCUT2D eigenvalue weighted by Gasteiger charge is -2.23. The predicted octanol–water partition coefficient (Wildman–Crippen LogP) is 3.59. The Labute approximate surface area is 145 Å². The fourth-order valence-corrected chi connectivity index (χ4v) is 2.77. The molecule has 0 N–H and O–H groups in total. The van der Waals surface area contributed by atoms with Crippen LogP contribution in [0.2, 0.25) is 0 Å². The van der Waals surface area contributed by atoms with Gasteiger partial charge in [-0.2, -0.15) is 0 Å². The van der Waals surface area contributed by atoms with Crippen molar-refractivity contribution in [2.24, 2.45) is 0 Å². The number of benzene rings is 2. The van der Waals surface area contributed by atoms with E-state index < -0.39 is 5.63 Å². The molecule has 0 unspecified atom stereocenters. The van der Waals surface area contributed by atoms with Gasteiger partial charge in [-0.3, -0.25) is 0 Å². The molecule has 0 aliphatic heterocycles. The van der Waals surface area contributed by atoms with E-state index in [2.05, 4.69) is 0 Å². The van der Waals surface area contributed by atoms with Gasteiger partial charge in [-0.25, -0.2) is 4.79 Å². The van der Waals surface area contributed by atoms with E-state index in [1.54, 1.807) is 27.4 Å². The highest BCUT2D eigenvalue weighted by molar-refractivity contribution is 5.92. The Kier molecular flexibility index (Phi) is 4.52. The molecule has 0 spiro atoms. The number of rotatable bonds is 5. The fourth-order valence-electron chi connectivity index (χ4n) is 2.77. The van der Waals surface area contributed by atoms with Gasteiger partial charge in [0, 0.05) is 36.3 Å². The molecule has 1 heterocycles. The lowest BCUT2D eigenvalue weighted by Crippen LogP contribution is -2.13. The molecule has 0 radical (unpaired) electrons. The molecule has 6 heteroatoms. The normalized spacial score (nSPS) is 10.6. The molecule has 0 amide bonds. The van der Waals surface area contributed by atoms with Crippen molar-refractivity contribution >= 4 is 22.3 Å². The van der Waals surface area contributed by atoms with Crippen molar-refractivity contribution in [3.05, 3.63) is 52.9 Å². The Morgan fingerprint density at radius 3 is 2.16 bits per heavy atom. The Morgan fingerprint density at radius 1 is 0.920 bits per heavy atom. The third-order valence-electron chi connectivity index (χ3n) is 4.03. The zero-order valence-electron chi connectivity index (χ0n) is 14.5. The maximum absolute atomic E-state index is 11.9. The standard InChI is InChI=1S/C19H19NO5/c1-20(12-9-16(22-2)19(24-4)17(10-12)23-3)14-11-18(21)25-15-8-6-5-7-13(14)15/h5-11H,1-4H3. The molecule has 3 aromatic rings. The second kappa shape index (κ2) is 6.76. The monoisotopic (exact) mass is 341 g/mol. The van der Waals surface area contributed by atoms with E-state index in [0.717, 1.165) is 16.8 Å². The molecule has 0 saturated heterocycles. The maximum atomic E-state index is 11.9. The number of hydrogen-bond acceptors (Lipinski definition) is 6. The first-order valence-corrected chi connectivity index (χ1v) is 7.65. The van der Waals surface area contributed by atoms with Crippen LogP contribution < -0.4 is 24.7 Å². The van der Waals surface area contributed by atoms with Gasteiger partial charge in [-0.15, -0.1) is 0 Å². The predicted molar refractivity (Wildman–Crippen MR) is 96.6 cm³/mol. The highest BCUT2D eigenvalue weighted by Crippen LogP contribution is 2.42. The molecular weight excluding hydrogens is 322 g/mol. The van der Waals surface area contributed by atoms with Crippen LogP contribution in [-0.2, 0) is 0 Å². The second-order valence-corrected chi connectivity index (χ2v) is 5.39. The van der Waals surface area contributed by atoms with Gasteiger partial charge in [-0.05, 0) is 12.1 Å². The Hall–Kier alpha value is -3.15. The van der Waals surface area contributed by atoms with E-state index in [-0.39, 0.29) is 0 Å². The minimum atomic E-state index is -0.409. The van der Waals surface area contributed by atoms with Gasteiger partial charge in [0.15, 0.2) is 11.5 Å². The highest BCUT2D eigenvalue weighted by atomic mass is 16.5. The van der Waals surface area contributed by atoms with Gasteiger partial charge in [0.05, 0.1) is 27.0 Å². The lowest BCUT2D eigenvalue weighted by molar-refractivity contribution is 0.324. The third-order valence-corrected chi connectivity index (χ3v) is 4.03. The average Bonchev–Trinajstić information content (AvgIpc) is 2.65. The summed E-state index contributed by atoms with van der Waals surface area (Å²) in [5, 5.41) is 0.832. The fraction of sp³-hybridized carbons (Fsp3) is 0.211. The number of ether oxygens (including phenoxy) is 3. The first kappa shape index (κ1) is 16.7. The average molecular weight is 341 g/mol. The molecule has 1 aromatic heterocycles. The van der Waals surface area contributed by atoms with Crippen molar-refractivity contribution in [1.29, 1.82) is 0 Å². The van der Waals surface area contributed by atoms with Gasteiger partial charge in [0.2, 0.25) is 5.75 Å². The van der Waals surface area contributed by atoms with Crippen molar-refractivity contribution in [3.8, 4) is 17.2 Å². The maximum Gasteiger partial charge on any atom is 0.338 e. The minimum Gasteiger partial charge on any atom is -0.493 e. The summed E-state index contributed by atoms with van der Waals surface area (Å²) >= 11 is 0. The largest absolute Gasteiger partial charge is 0.493 e. The smallest absolute Gasteiger partial charge is 0.338 e. The molecule has 6 nitrogen and oxygen atoms in total. The van der Waals surface area contributed by atoms with Crippen LogP contribution in [0.25, 0.3) is 11.0 Å². The van der Waals surface area contributed by atoms with E-state index in [9.17, 15) is 4.79 Å². The number of fused-ring (bicyclic) bond motifs is 1. The van der Waals surface area contributed by atoms with Crippen LogP contribution in [-0.4, -0.2) is 28.4 Å². The molecule has 0 atom stereocenters. The van der Waals surface area contributed by atoms with Crippen molar-refractivity contribution in [1.82, 2.24) is 0 Å². The van der Waals surface area contributed by atoms with E-state index >= 15 is 0 Å². The van der Waals surface area contributed by atoms with Crippen LogP contribution in [0, 0.1) is 0 Å². The van der Waals surface area contributed by atoms with Gasteiger partial charge >= 0.3 is 5.63 Å². The topological polar surface area (TPSA) is 61.1 Å². The lowest BCUT2D eigenvalue weighted by atomic mass is 10.1. The molecule has 25 heavy (non-hydrogen) atoms. The zero-order chi connectivity index (χ0) is 18.0. The van der Waals surface area contributed by atoms with Crippen molar-refractivity contribution < 1.29 is 18.6 Å². The molecule has 0 fully saturated rings. The number of anilines is 2. The van der Waals surface area contributed by atoms with Crippen LogP contribution >= 0.6 is 0 Å². The molecule has 2 aromatic carbocycles. The van der Waals surface area contributed by atoms with Crippen molar-refractivity contribution in [3.63, 3.8) is 0 Å². The third kappa shape index (κ3) is 2.98. The van der Waals surface area contributed by atoms with E-state index in [1.807, 2.05) is 42.3 Å². The summed E-state index contributed by atoms with van der Waals surface area (Å²) in [6.45, 7) is 0. The van der Waals surface area contributed by atoms with Gasteiger partial charge in [0.25, 0.3) is 0 Å². The number of para-hydroxylation sites is 1. The Balaban J connectivity index is 2.19. The van der Waals surface area contributed by atoms with E-state index in [1.165, 1.54) is 6.07 Å². The Morgan fingerprint density at radius 2 is 1.56 bits per heavy atom. The molecule has 0 bridgehead atoms.